The summed E-state index contributed by atoms with van der Waals surface area (Å²) in [4.78, 5) is 4.26. The summed E-state index contributed by atoms with van der Waals surface area (Å²) in [5.74, 6) is 0. The lowest BCUT2D eigenvalue weighted by Gasteiger charge is -2.00. The van der Waals surface area contributed by atoms with Crippen molar-refractivity contribution in [3.8, 4) is 6.07 Å². The van der Waals surface area contributed by atoms with Gasteiger partial charge in [-0.15, -0.1) is 0 Å². The van der Waals surface area contributed by atoms with Gasteiger partial charge in [-0.1, -0.05) is 17.8 Å². The van der Waals surface area contributed by atoms with E-state index in [1.54, 1.807) is 0 Å². The molecule has 0 saturated heterocycles. The van der Waals surface area contributed by atoms with E-state index in [1.165, 1.54) is 11.8 Å². The fourth-order valence-electron chi connectivity index (χ4n) is 1.19. The Kier molecular flexibility index (Phi) is 2.42. The van der Waals surface area contributed by atoms with Gasteiger partial charge in [0.2, 0.25) is 0 Å². The predicted molar refractivity (Wildman–Crippen MR) is 56.1 cm³/mol. The molecule has 0 spiro atoms. The van der Waals surface area contributed by atoms with Crippen molar-refractivity contribution in [3.63, 3.8) is 0 Å². The summed E-state index contributed by atoms with van der Waals surface area (Å²) in [6.45, 7) is 1.87. The highest BCUT2D eigenvalue weighted by Gasteiger charge is 2.07. The first-order chi connectivity index (χ1) is 6.81. The number of hydrogen-bond donors (Lipinski definition) is 0. The van der Waals surface area contributed by atoms with Crippen LogP contribution in [-0.4, -0.2) is 14.6 Å². The Bertz CT molecular complexity index is 483. The van der Waals surface area contributed by atoms with Gasteiger partial charge in [0, 0.05) is 6.20 Å². The Morgan fingerprint density at radius 3 is 3.21 bits per heavy atom. The first-order valence-electron chi connectivity index (χ1n) is 4.29. The molecule has 0 unspecified atom stereocenters. The third-order valence-electron chi connectivity index (χ3n) is 1.87. The zero-order valence-electron chi connectivity index (χ0n) is 7.71. The van der Waals surface area contributed by atoms with Crippen LogP contribution in [-0.2, 0) is 0 Å². The fraction of sp³-hybridized carbons (Fsp3) is 0.200. The molecule has 0 saturated carbocycles. The molecule has 4 heteroatoms. The summed E-state index contributed by atoms with van der Waals surface area (Å²) in [6, 6.07) is 8.10. The van der Waals surface area contributed by atoms with Crippen LogP contribution in [0.2, 0.25) is 0 Å². The number of aromatic nitrogens is 2. The van der Waals surface area contributed by atoms with Gasteiger partial charge in [0.25, 0.3) is 0 Å². The molecule has 2 aromatic heterocycles. The van der Waals surface area contributed by atoms with Gasteiger partial charge in [-0.3, -0.25) is 4.40 Å². The summed E-state index contributed by atoms with van der Waals surface area (Å²) in [7, 11) is 0. The molecular formula is C10H9N3S. The van der Waals surface area contributed by atoms with E-state index in [9.17, 15) is 0 Å². The smallest absolute Gasteiger partial charge is 0.173 e. The maximum Gasteiger partial charge on any atom is 0.173 e. The number of imidazole rings is 1. The average Bonchev–Trinajstić information content (AvgIpc) is 2.62. The monoisotopic (exact) mass is 203 g/mol. The van der Waals surface area contributed by atoms with Crippen molar-refractivity contribution in [3.05, 3.63) is 30.6 Å². The van der Waals surface area contributed by atoms with Crippen LogP contribution in [0.4, 0.5) is 0 Å². The first-order valence-corrected chi connectivity index (χ1v) is 5.17. The van der Waals surface area contributed by atoms with Crippen molar-refractivity contribution in [2.24, 2.45) is 0 Å². The molecule has 2 rings (SSSR count). The quantitative estimate of drug-likeness (QED) is 0.703. The van der Waals surface area contributed by atoms with Gasteiger partial charge in [0.05, 0.1) is 23.0 Å². The molecule has 0 aliphatic heterocycles. The number of pyridine rings is 1. The summed E-state index contributed by atoms with van der Waals surface area (Å²) >= 11 is 1.47. The van der Waals surface area contributed by atoms with E-state index in [-0.39, 0.29) is 5.25 Å². The Balaban J connectivity index is 2.39. The van der Waals surface area contributed by atoms with Crippen LogP contribution in [0.3, 0.4) is 0 Å². The minimum Gasteiger partial charge on any atom is -0.295 e. The molecule has 14 heavy (non-hydrogen) atoms. The lowest BCUT2D eigenvalue weighted by molar-refractivity contribution is 0.954. The lowest BCUT2D eigenvalue weighted by atomic mass is 10.4. The van der Waals surface area contributed by atoms with Crippen LogP contribution in [0.5, 0.6) is 0 Å². The van der Waals surface area contributed by atoms with Gasteiger partial charge in [-0.05, 0) is 19.1 Å². The normalized spacial score (nSPS) is 12.6. The zero-order valence-corrected chi connectivity index (χ0v) is 8.53. The molecule has 0 fully saturated rings. The second-order valence-electron chi connectivity index (χ2n) is 2.93. The third-order valence-corrected chi connectivity index (χ3v) is 2.84. The van der Waals surface area contributed by atoms with Crippen molar-refractivity contribution in [1.29, 1.82) is 5.26 Å². The van der Waals surface area contributed by atoms with Gasteiger partial charge < -0.3 is 0 Å². The molecule has 0 N–H and O–H groups in total. The SMILES string of the molecule is C[C@@H](C#N)Sc1ncc2ccccn12. The molecular weight excluding hydrogens is 194 g/mol. The maximum absolute atomic E-state index is 8.70. The molecule has 2 heterocycles. The van der Waals surface area contributed by atoms with Gasteiger partial charge >= 0.3 is 0 Å². The van der Waals surface area contributed by atoms with E-state index in [2.05, 4.69) is 11.1 Å². The zero-order chi connectivity index (χ0) is 9.97. The number of fused-ring (bicyclic) bond motifs is 1. The fourth-order valence-corrected chi connectivity index (χ4v) is 1.95. The first kappa shape index (κ1) is 9.10. The van der Waals surface area contributed by atoms with Gasteiger partial charge in [-0.2, -0.15) is 5.26 Å². The van der Waals surface area contributed by atoms with E-state index < -0.39 is 0 Å². The minimum atomic E-state index is -0.0687. The molecule has 0 aliphatic rings. The van der Waals surface area contributed by atoms with Crippen LogP contribution >= 0.6 is 11.8 Å². The van der Waals surface area contributed by atoms with Crippen molar-refractivity contribution in [2.45, 2.75) is 17.3 Å². The number of nitrogens with zero attached hydrogens (tertiary/aromatic N) is 3. The average molecular weight is 203 g/mol. The standard InChI is InChI=1S/C10H9N3S/c1-8(6-11)14-10-12-7-9-4-2-3-5-13(9)10/h2-5,7-8H,1H3/t8-/m0/s1. The summed E-state index contributed by atoms with van der Waals surface area (Å²) in [5, 5.41) is 9.50. The van der Waals surface area contributed by atoms with Crippen LogP contribution in [0.1, 0.15) is 6.92 Å². The highest BCUT2D eigenvalue weighted by atomic mass is 32.2. The summed E-state index contributed by atoms with van der Waals surface area (Å²) in [5.41, 5.74) is 1.06. The predicted octanol–water partition coefficient (Wildman–Crippen LogP) is 2.34. The van der Waals surface area contributed by atoms with E-state index in [4.69, 9.17) is 5.26 Å². The van der Waals surface area contributed by atoms with Crippen LogP contribution < -0.4 is 0 Å². The molecule has 0 bridgehead atoms. The number of rotatable bonds is 2. The molecule has 0 radical (unpaired) electrons. The summed E-state index contributed by atoms with van der Waals surface area (Å²) in [6.07, 6.45) is 3.77. The molecule has 2 aromatic rings. The number of nitriles is 1. The highest BCUT2D eigenvalue weighted by Crippen LogP contribution is 2.22. The second kappa shape index (κ2) is 3.72. The van der Waals surface area contributed by atoms with E-state index >= 15 is 0 Å². The van der Waals surface area contributed by atoms with Crippen molar-refractivity contribution in [2.75, 3.05) is 0 Å². The van der Waals surface area contributed by atoms with Crippen molar-refractivity contribution < 1.29 is 0 Å². The molecule has 1 atom stereocenters. The Hall–Kier alpha value is -1.47. The Morgan fingerprint density at radius 1 is 1.57 bits per heavy atom. The van der Waals surface area contributed by atoms with Gasteiger partial charge in [0.1, 0.15) is 0 Å². The Labute approximate surface area is 86.4 Å². The third kappa shape index (κ3) is 1.59. The largest absolute Gasteiger partial charge is 0.295 e. The summed E-state index contributed by atoms with van der Waals surface area (Å²) < 4.78 is 1.98. The van der Waals surface area contributed by atoms with Gasteiger partial charge in [-0.25, -0.2) is 4.98 Å². The van der Waals surface area contributed by atoms with Crippen molar-refractivity contribution in [1.82, 2.24) is 9.38 Å². The van der Waals surface area contributed by atoms with Crippen LogP contribution in [0.25, 0.3) is 5.52 Å². The van der Waals surface area contributed by atoms with Gasteiger partial charge in [0.15, 0.2) is 5.16 Å². The molecule has 3 nitrogen and oxygen atoms in total. The maximum atomic E-state index is 8.70. The highest BCUT2D eigenvalue weighted by molar-refractivity contribution is 8.00. The van der Waals surface area contributed by atoms with Crippen molar-refractivity contribution >= 4 is 17.3 Å². The minimum absolute atomic E-state index is 0.0687. The van der Waals surface area contributed by atoms with E-state index in [0.717, 1.165) is 10.7 Å². The lowest BCUT2D eigenvalue weighted by Crippen LogP contribution is -1.93. The molecule has 0 aromatic carbocycles. The van der Waals surface area contributed by atoms with Crippen LogP contribution in [0.15, 0.2) is 35.7 Å². The molecule has 0 aliphatic carbocycles. The van der Waals surface area contributed by atoms with E-state index in [0.29, 0.717) is 0 Å². The topological polar surface area (TPSA) is 41.1 Å². The van der Waals surface area contributed by atoms with Crippen LogP contribution in [0, 0.1) is 11.3 Å². The Morgan fingerprint density at radius 2 is 2.43 bits per heavy atom. The second-order valence-corrected chi connectivity index (χ2v) is 4.23. The number of thioether (sulfide) groups is 1. The molecule has 70 valence electrons. The molecule has 0 amide bonds. The van der Waals surface area contributed by atoms with E-state index in [1.807, 2.05) is 41.9 Å². The number of hydrogen-bond acceptors (Lipinski definition) is 3.